The summed E-state index contributed by atoms with van der Waals surface area (Å²) in [6.45, 7) is 1.31. The Morgan fingerprint density at radius 3 is 2.38 bits per heavy atom. The molecule has 1 aromatic rings. The molecule has 1 rings (SSSR count). The number of aliphatic hydroxyl groups is 1. The number of hydrogen-bond donors (Lipinski definition) is 1. The molecule has 16 heavy (non-hydrogen) atoms. The fourth-order valence-electron chi connectivity index (χ4n) is 1.20. The molecule has 0 spiro atoms. The van der Waals surface area contributed by atoms with Gasteiger partial charge in [0.15, 0.2) is 6.10 Å². The molecule has 0 amide bonds. The van der Waals surface area contributed by atoms with Crippen LogP contribution >= 0.6 is 0 Å². The van der Waals surface area contributed by atoms with E-state index in [0.717, 1.165) is 6.07 Å². The van der Waals surface area contributed by atoms with Crippen molar-refractivity contribution in [2.45, 2.75) is 19.2 Å². The van der Waals surface area contributed by atoms with Crippen molar-refractivity contribution in [2.75, 3.05) is 0 Å². The Morgan fingerprint density at radius 2 is 1.88 bits per heavy atom. The van der Waals surface area contributed by atoms with E-state index in [1.165, 1.54) is 25.1 Å². The standard InChI is InChI=1S/C11H10F4O/c1-7(6-10(16)11(13,14)15)8-4-2-3-5-9(8)12/h2-6,10,16H,1H3. The smallest absolute Gasteiger partial charge is 0.380 e. The molecule has 1 nitrogen and oxygen atoms in total. The van der Waals surface area contributed by atoms with Crippen LogP contribution in [0.2, 0.25) is 0 Å². The molecule has 88 valence electrons. The van der Waals surface area contributed by atoms with Gasteiger partial charge in [0.1, 0.15) is 5.82 Å². The van der Waals surface area contributed by atoms with Crippen molar-refractivity contribution in [1.29, 1.82) is 0 Å². The molecular weight excluding hydrogens is 224 g/mol. The highest BCUT2D eigenvalue weighted by Crippen LogP contribution is 2.25. The zero-order valence-electron chi connectivity index (χ0n) is 8.42. The van der Waals surface area contributed by atoms with Crippen LogP contribution < -0.4 is 0 Å². The summed E-state index contributed by atoms with van der Waals surface area (Å²) in [5.74, 6) is -0.620. The second-order valence-electron chi connectivity index (χ2n) is 3.32. The maximum absolute atomic E-state index is 13.2. The molecule has 1 N–H and O–H groups in total. The van der Waals surface area contributed by atoms with Crippen molar-refractivity contribution >= 4 is 5.57 Å². The topological polar surface area (TPSA) is 20.2 Å². The first kappa shape index (κ1) is 12.7. The predicted molar refractivity (Wildman–Crippen MR) is 52.1 cm³/mol. The molecule has 0 aromatic heterocycles. The summed E-state index contributed by atoms with van der Waals surface area (Å²) in [4.78, 5) is 0. The molecule has 0 fully saturated rings. The van der Waals surface area contributed by atoms with Crippen molar-refractivity contribution < 1.29 is 22.7 Å². The molecule has 0 heterocycles. The third kappa shape index (κ3) is 3.06. The molecule has 1 unspecified atom stereocenters. The second-order valence-corrected chi connectivity index (χ2v) is 3.32. The molecule has 0 aliphatic heterocycles. The summed E-state index contributed by atoms with van der Waals surface area (Å²) in [7, 11) is 0. The number of hydrogen-bond acceptors (Lipinski definition) is 1. The fraction of sp³-hybridized carbons (Fsp3) is 0.273. The van der Waals surface area contributed by atoms with Gasteiger partial charge in [0.2, 0.25) is 0 Å². The van der Waals surface area contributed by atoms with Crippen LogP contribution in [0.4, 0.5) is 17.6 Å². The molecule has 0 saturated heterocycles. The van der Waals surface area contributed by atoms with Gasteiger partial charge in [0.25, 0.3) is 0 Å². The minimum Gasteiger partial charge on any atom is -0.380 e. The Balaban J connectivity index is 2.99. The largest absolute Gasteiger partial charge is 0.418 e. The maximum Gasteiger partial charge on any atom is 0.418 e. The molecule has 1 atom stereocenters. The average molecular weight is 234 g/mol. The summed E-state index contributed by atoms with van der Waals surface area (Å²) in [5.41, 5.74) is 0.0914. The highest BCUT2D eigenvalue weighted by atomic mass is 19.4. The fourth-order valence-corrected chi connectivity index (χ4v) is 1.20. The van der Waals surface area contributed by atoms with E-state index in [1.54, 1.807) is 0 Å². The van der Waals surface area contributed by atoms with Gasteiger partial charge in [-0.15, -0.1) is 0 Å². The first-order valence-corrected chi connectivity index (χ1v) is 4.50. The number of benzene rings is 1. The first-order chi connectivity index (χ1) is 7.32. The van der Waals surface area contributed by atoms with Gasteiger partial charge in [0, 0.05) is 5.56 Å². The van der Waals surface area contributed by atoms with Crippen molar-refractivity contribution in [3.63, 3.8) is 0 Å². The normalized spacial score (nSPS) is 15.0. The van der Waals surface area contributed by atoms with Crippen molar-refractivity contribution in [2.24, 2.45) is 0 Å². The van der Waals surface area contributed by atoms with Crippen LogP contribution in [-0.4, -0.2) is 17.4 Å². The summed E-state index contributed by atoms with van der Waals surface area (Å²) in [6, 6.07) is 5.44. The van der Waals surface area contributed by atoms with Crippen LogP contribution in [0.1, 0.15) is 12.5 Å². The molecule has 1 aromatic carbocycles. The van der Waals surface area contributed by atoms with Crippen molar-refractivity contribution in [3.8, 4) is 0 Å². The Hall–Kier alpha value is -1.36. The number of halogens is 4. The summed E-state index contributed by atoms with van der Waals surface area (Å²) in [5, 5.41) is 8.78. The summed E-state index contributed by atoms with van der Waals surface area (Å²) in [6.07, 6.45) is -6.72. The van der Waals surface area contributed by atoms with Crippen LogP contribution in [0.5, 0.6) is 0 Å². The van der Waals surface area contributed by atoms with Gasteiger partial charge in [-0.2, -0.15) is 13.2 Å². The molecule has 5 heteroatoms. The van der Waals surface area contributed by atoms with Gasteiger partial charge in [0.05, 0.1) is 0 Å². The Bertz CT molecular complexity index is 395. The monoisotopic (exact) mass is 234 g/mol. The van der Waals surface area contributed by atoms with Gasteiger partial charge >= 0.3 is 6.18 Å². The molecule has 0 aliphatic carbocycles. The Labute approximate surface area is 90.0 Å². The molecule has 0 saturated carbocycles. The van der Waals surface area contributed by atoms with E-state index >= 15 is 0 Å². The van der Waals surface area contributed by atoms with E-state index in [0.29, 0.717) is 6.08 Å². The Morgan fingerprint density at radius 1 is 1.31 bits per heavy atom. The zero-order chi connectivity index (χ0) is 12.3. The van der Waals surface area contributed by atoms with Crippen molar-refractivity contribution in [3.05, 3.63) is 41.7 Å². The van der Waals surface area contributed by atoms with E-state index in [4.69, 9.17) is 5.11 Å². The van der Waals surface area contributed by atoms with Crippen molar-refractivity contribution in [1.82, 2.24) is 0 Å². The zero-order valence-corrected chi connectivity index (χ0v) is 8.42. The van der Waals surface area contributed by atoms with E-state index in [2.05, 4.69) is 0 Å². The van der Waals surface area contributed by atoms with Gasteiger partial charge in [-0.05, 0) is 24.6 Å². The highest BCUT2D eigenvalue weighted by molar-refractivity contribution is 5.64. The van der Waals surface area contributed by atoms with Crippen LogP contribution in [0, 0.1) is 5.82 Å². The van der Waals surface area contributed by atoms with E-state index < -0.39 is 18.1 Å². The van der Waals surface area contributed by atoms with E-state index in [-0.39, 0.29) is 11.1 Å². The summed E-state index contributed by atoms with van der Waals surface area (Å²) < 4.78 is 49.3. The minimum absolute atomic E-state index is 0.0444. The van der Waals surface area contributed by atoms with E-state index in [9.17, 15) is 17.6 Å². The van der Waals surface area contributed by atoms with Crippen LogP contribution in [0.25, 0.3) is 5.57 Å². The predicted octanol–water partition coefficient (Wildman–Crippen LogP) is 3.15. The molecule has 0 aliphatic rings. The highest BCUT2D eigenvalue weighted by Gasteiger charge is 2.36. The SMILES string of the molecule is CC(=CC(O)C(F)(F)F)c1ccccc1F. The number of rotatable bonds is 2. The van der Waals surface area contributed by atoms with Crippen LogP contribution in [-0.2, 0) is 0 Å². The van der Waals surface area contributed by atoms with Gasteiger partial charge in [-0.1, -0.05) is 18.2 Å². The van der Waals surface area contributed by atoms with Gasteiger partial charge in [-0.25, -0.2) is 4.39 Å². The minimum atomic E-state index is -4.73. The number of alkyl halides is 3. The number of allylic oxidation sites excluding steroid dienone is 1. The lowest BCUT2D eigenvalue weighted by Gasteiger charge is -2.12. The Kier molecular flexibility index (Phi) is 3.70. The summed E-state index contributed by atoms with van der Waals surface area (Å²) >= 11 is 0. The average Bonchev–Trinajstić information content (AvgIpc) is 2.16. The van der Waals surface area contributed by atoms with Gasteiger partial charge in [-0.3, -0.25) is 0 Å². The molecular formula is C11H10F4O. The van der Waals surface area contributed by atoms with Crippen LogP contribution in [0.15, 0.2) is 30.3 Å². The lowest BCUT2D eigenvalue weighted by Crippen LogP contribution is -2.26. The molecule has 0 bridgehead atoms. The number of aliphatic hydroxyl groups excluding tert-OH is 1. The third-order valence-electron chi connectivity index (χ3n) is 2.04. The maximum atomic E-state index is 13.2. The molecule has 0 radical (unpaired) electrons. The second kappa shape index (κ2) is 4.65. The van der Waals surface area contributed by atoms with Gasteiger partial charge < -0.3 is 5.11 Å². The third-order valence-corrected chi connectivity index (χ3v) is 2.04. The van der Waals surface area contributed by atoms with E-state index in [1.807, 2.05) is 0 Å². The first-order valence-electron chi connectivity index (χ1n) is 4.50. The lowest BCUT2D eigenvalue weighted by atomic mass is 10.1. The quantitative estimate of drug-likeness (QED) is 0.779. The van der Waals surface area contributed by atoms with Crippen LogP contribution in [0.3, 0.4) is 0 Å². The lowest BCUT2D eigenvalue weighted by molar-refractivity contribution is -0.187.